The SMILES string of the molecule is O=S([O-])c1cccc2c1NCC=C2. The topological polar surface area (TPSA) is 52.2 Å². The van der Waals surface area contributed by atoms with Crippen molar-refractivity contribution in [3.8, 4) is 0 Å². The summed E-state index contributed by atoms with van der Waals surface area (Å²) in [5.74, 6) is 0. The van der Waals surface area contributed by atoms with E-state index in [0.29, 0.717) is 17.1 Å². The molecular formula is C9H8NO2S-. The number of hydrogen-bond acceptors (Lipinski definition) is 3. The molecule has 1 aromatic carbocycles. The number of benzene rings is 1. The third-order valence-electron chi connectivity index (χ3n) is 1.93. The van der Waals surface area contributed by atoms with E-state index >= 15 is 0 Å². The van der Waals surface area contributed by atoms with Crippen molar-refractivity contribution in [2.24, 2.45) is 0 Å². The molecule has 0 saturated heterocycles. The maximum atomic E-state index is 10.8. The van der Waals surface area contributed by atoms with Crippen molar-refractivity contribution >= 4 is 22.8 Å². The fraction of sp³-hybridized carbons (Fsp3) is 0.111. The number of anilines is 1. The Labute approximate surface area is 78.8 Å². The highest BCUT2D eigenvalue weighted by atomic mass is 32.2. The minimum Gasteiger partial charge on any atom is -0.768 e. The van der Waals surface area contributed by atoms with E-state index in [9.17, 15) is 8.76 Å². The maximum absolute atomic E-state index is 10.8. The van der Waals surface area contributed by atoms with Gasteiger partial charge in [-0.2, -0.15) is 0 Å². The van der Waals surface area contributed by atoms with Crippen LogP contribution in [-0.2, 0) is 11.1 Å². The minimum absolute atomic E-state index is 0.335. The lowest BCUT2D eigenvalue weighted by Crippen LogP contribution is -2.07. The lowest BCUT2D eigenvalue weighted by Gasteiger charge is -2.18. The molecule has 1 aliphatic rings. The van der Waals surface area contributed by atoms with Crippen LogP contribution in [0.25, 0.3) is 6.08 Å². The van der Waals surface area contributed by atoms with Crippen LogP contribution in [0.4, 0.5) is 5.69 Å². The van der Waals surface area contributed by atoms with E-state index in [-0.39, 0.29) is 0 Å². The summed E-state index contributed by atoms with van der Waals surface area (Å²) in [4.78, 5) is 0.335. The van der Waals surface area contributed by atoms with Crippen LogP contribution in [-0.4, -0.2) is 15.3 Å². The lowest BCUT2D eigenvalue weighted by molar-refractivity contribution is 0.537. The van der Waals surface area contributed by atoms with Gasteiger partial charge >= 0.3 is 0 Å². The fourth-order valence-corrected chi connectivity index (χ4v) is 1.91. The average Bonchev–Trinajstić information content (AvgIpc) is 2.17. The van der Waals surface area contributed by atoms with Gasteiger partial charge in [-0.1, -0.05) is 24.3 Å². The van der Waals surface area contributed by atoms with Gasteiger partial charge in [0.1, 0.15) is 0 Å². The van der Waals surface area contributed by atoms with Gasteiger partial charge in [0.25, 0.3) is 0 Å². The van der Waals surface area contributed by atoms with Gasteiger partial charge in [0.15, 0.2) is 0 Å². The largest absolute Gasteiger partial charge is 0.768 e. The normalized spacial score (nSPS) is 16.1. The first-order valence-corrected chi connectivity index (χ1v) is 4.99. The van der Waals surface area contributed by atoms with Crippen molar-refractivity contribution in [3.63, 3.8) is 0 Å². The zero-order valence-corrected chi connectivity index (χ0v) is 7.64. The second kappa shape index (κ2) is 3.32. The molecule has 0 radical (unpaired) electrons. The van der Waals surface area contributed by atoms with E-state index in [1.165, 1.54) is 0 Å². The molecule has 68 valence electrons. The van der Waals surface area contributed by atoms with Crippen LogP contribution in [0.15, 0.2) is 29.2 Å². The molecule has 1 aromatic rings. The third-order valence-corrected chi connectivity index (χ3v) is 2.63. The van der Waals surface area contributed by atoms with Gasteiger partial charge in [0.2, 0.25) is 0 Å². The standard InChI is InChI=1S/C9H9NO2S/c11-13(12)8-5-1-3-7-4-2-6-10-9(7)8/h1-5,10H,6H2,(H,11,12)/p-1. The molecule has 0 amide bonds. The molecule has 1 heterocycles. The molecule has 0 bridgehead atoms. The smallest absolute Gasteiger partial charge is 0.0568 e. The quantitative estimate of drug-likeness (QED) is 0.687. The van der Waals surface area contributed by atoms with E-state index in [1.807, 2.05) is 18.2 Å². The monoisotopic (exact) mass is 194 g/mol. The number of hydrogen-bond donors (Lipinski definition) is 1. The summed E-state index contributed by atoms with van der Waals surface area (Å²) in [7, 11) is 0. The zero-order chi connectivity index (χ0) is 9.26. The van der Waals surface area contributed by atoms with E-state index in [1.54, 1.807) is 12.1 Å². The predicted octanol–water partition coefficient (Wildman–Crippen LogP) is 1.36. The van der Waals surface area contributed by atoms with Crippen LogP contribution in [0.3, 0.4) is 0 Å². The Hall–Kier alpha value is -1.13. The van der Waals surface area contributed by atoms with Crippen LogP contribution in [0.2, 0.25) is 0 Å². The molecule has 3 nitrogen and oxygen atoms in total. The van der Waals surface area contributed by atoms with Crippen LogP contribution in [0.1, 0.15) is 5.56 Å². The Morgan fingerprint density at radius 1 is 1.46 bits per heavy atom. The Bertz CT molecular complexity index is 387. The Balaban J connectivity index is 2.59. The molecule has 0 fully saturated rings. The molecule has 1 unspecified atom stereocenters. The number of rotatable bonds is 1. The molecule has 1 N–H and O–H groups in total. The van der Waals surface area contributed by atoms with Gasteiger partial charge in [0, 0.05) is 11.4 Å². The van der Waals surface area contributed by atoms with Crippen LogP contribution >= 0.6 is 0 Å². The number of nitrogens with one attached hydrogen (secondary N) is 1. The van der Waals surface area contributed by atoms with Crippen molar-refractivity contribution in [1.29, 1.82) is 0 Å². The molecular weight excluding hydrogens is 186 g/mol. The first-order chi connectivity index (χ1) is 6.29. The summed E-state index contributed by atoms with van der Waals surface area (Å²) in [5.41, 5.74) is 1.63. The van der Waals surface area contributed by atoms with Crippen LogP contribution in [0.5, 0.6) is 0 Å². The molecule has 13 heavy (non-hydrogen) atoms. The number of para-hydroxylation sites is 1. The maximum Gasteiger partial charge on any atom is 0.0568 e. The first-order valence-electron chi connectivity index (χ1n) is 3.92. The van der Waals surface area contributed by atoms with Crippen molar-refractivity contribution in [2.75, 3.05) is 11.9 Å². The second-order valence-electron chi connectivity index (χ2n) is 2.74. The van der Waals surface area contributed by atoms with E-state index in [4.69, 9.17) is 0 Å². The Kier molecular flexibility index (Phi) is 2.16. The van der Waals surface area contributed by atoms with Gasteiger partial charge < -0.3 is 9.87 Å². The first kappa shape index (κ1) is 8.47. The number of fused-ring (bicyclic) bond motifs is 1. The van der Waals surface area contributed by atoms with E-state index in [0.717, 1.165) is 5.56 Å². The summed E-state index contributed by atoms with van der Waals surface area (Å²) in [6, 6.07) is 5.21. The fourth-order valence-electron chi connectivity index (χ4n) is 1.36. The minimum atomic E-state index is -2.16. The van der Waals surface area contributed by atoms with Crippen molar-refractivity contribution in [2.45, 2.75) is 4.90 Å². The highest BCUT2D eigenvalue weighted by Crippen LogP contribution is 2.26. The zero-order valence-electron chi connectivity index (χ0n) is 6.82. The van der Waals surface area contributed by atoms with Crippen LogP contribution in [0, 0.1) is 0 Å². The van der Waals surface area contributed by atoms with Crippen molar-refractivity contribution < 1.29 is 8.76 Å². The second-order valence-corrected chi connectivity index (χ2v) is 3.65. The molecule has 1 aliphatic heterocycles. The summed E-state index contributed by atoms with van der Waals surface area (Å²) in [6.45, 7) is 0.682. The molecule has 0 aliphatic carbocycles. The third kappa shape index (κ3) is 1.50. The predicted molar refractivity (Wildman–Crippen MR) is 51.2 cm³/mol. The average molecular weight is 194 g/mol. The summed E-state index contributed by atoms with van der Waals surface area (Å²) < 4.78 is 21.6. The van der Waals surface area contributed by atoms with Gasteiger partial charge in [-0.05, 0) is 22.7 Å². The summed E-state index contributed by atoms with van der Waals surface area (Å²) >= 11 is -2.16. The summed E-state index contributed by atoms with van der Waals surface area (Å²) in [5, 5.41) is 3.03. The van der Waals surface area contributed by atoms with Crippen molar-refractivity contribution in [1.82, 2.24) is 0 Å². The highest BCUT2D eigenvalue weighted by Gasteiger charge is 2.08. The van der Waals surface area contributed by atoms with Gasteiger partial charge in [-0.3, -0.25) is 4.21 Å². The van der Waals surface area contributed by atoms with E-state index < -0.39 is 11.1 Å². The van der Waals surface area contributed by atoms with Gasteiger partial charge in [-0.15, -0.1) is 0 Å². The highest BCUT2D eigenvalue weighted by molar-refractivity contribution is 7.79. The molecule has 0 saturated carbocycles. The van der Waals surface area contributed by atoms with Gasteiger partial charge in [-0.25, -0.2) is 0 Å². The molecule has 2 rings (SSSR count). The van der Waals surface area contributed by atoms with E-state index in [2.05, 4.69) is 5.32 Å². The summed E-state index contributed by atoms with van der Waals surface area (Å²) in [6.07, 6.45) is 3.88. The lowest BCUT2D eigenvalue weighted by atomic mass is 10.1. The molecule has 0 aromatic heterocycles. The Morgan fingerprint density at radius 2 is 2.31 bits per heavy atom. The van der Waals surface area contributed by atoms with Gasteiger partial charge in [0.05, 0.1) is 5.69 Å². The van der Waals surface area contributed by atoms with Crippen molar-refractivity contribution in [3.05, 3.63) is 29.8 Å². The molecule has 1 atom stereocenters. The molecule has 4 heteroatoms. The van der Waals surface area contributed by atoms with Crippen LogP contribution < -0.4 is 5.32 Å². The molecule has 0 spiro atoms. The Morgan fingerprint density at radius 3 is 3.08 bits per heavy atom.